The molecule has 5 rings (SSSR count). The normalized spacial score (nSPS) is 14.0. The van der Waals surface area contributed by atoms with Gasteiger partial charge in [0.25, 0.3) is 11.8 Å². The van der Waals surface area contributed by atoms with Gasteiger partial charge in [-0.05, 0) is 40.4 Å². The summed E-state index contributed by atoms with van der Waals surface area (Å²) in [6.07, 6.45) is 0. The van der Waals surface area contributed by atoms with Crippen LogP contribution in [0.4, 0.5) is 0 Å². The number of hydrogen-bond acceptors (Lipinski definition) is 5. The van der Waals surface area contributed by atoms with Gasteiger partial charge in [-0.2, -0.15) is 8.42 Å². The zero-order chi connectivity index (χ0) is 20.2. The number of nitrogens with zero attached hydrogens (tertiary/aromatic N) is 1. The summed E-state index contributed by atoms with van der Waals surface area (Å²) in [5.74, 6) is -1.63. The van der Waals surface area contributed by atoms with Crippen molar-refractivity contribution in [2.45, 2.75) is 4.90 Å². The molecule has 1 heterocycles. The molecule has 4 aromatic carbocycles. The monoisotopic (exact) mass is 403 g/mol. The maximum atomic E-state index is 13.3. The van der Waals surface area contributed by atoms with Crippen molar-refractivity contribution in [1.29, 1.82) is 0 Å². The third-order valence-electron chi connectivity index (χ3n) is 4.91. The highest BCUT2D eigenvalue weighted by atomic mass is 32.2. The fourth-order valence-electron chi connectivity index (χ4n) is 3.62. The average molecular weight is 403 g/mol. The smallest absolute Gasteiger partial charge is 0.266 e. The molecule has 0 atom stereocenters. The SMILES string of the molecule is O=C1c2cccc3cc4ccccc4c(c23)C(=O)N1OS(=O)(=O)c1ccccc1. The summed E-state index contributed by atoms with van der Waals surface area (Å²) >= 11 is 0. The Bertz CT molecular complexity index is 1430. The largest absolute Gasteiger partial charge is 0.318 e. The Kier molecular flexibility index (Phi) is 3.77. The Morgan fingerprint density at radius 2 is 1.41 bits per heavy atom. The van der Waals surface area contributed by atoms with E-state index in [1.165, 1.54) is 24.3 Å². The van der Waals surface area contributed by atoms with Crippen molar-refractivity contribution in [1.82, 2.24) is 5.06 Å². The molecule has 0 N–H and O–H groups in total. The number of carbonyl (C=O) groups is 2. The molecule has 2 amide bonds. The molecule has 6 nitrogen and oxygen atoms in total. The lowest BCUT2D eigenvalue weighted by atomic mass is 9.90. The van der Waals surface area contributed by atoms with Crippen molar-refractivity contribution in [3.63, 3.8) is 0 Å². The predicted octanol–water partition coefficient (Wildman–Crippen LogP) is 3.91. The zero-order valence-corrected chi connectivity index (χ0v) is 15.7. The molecule has 0 saturated carbocycles. The Morgan fingerprint density at radius 3 is 2.21 bits per heavy atom. The van der Waals surface area contributed by atoms with Gasteiger partial charge >= 0.3 is 10.1 Å². The van der Waals surface area contributed by atoms with Gasteiger partial charge in [-0.3, -0.25) is 9.59 Å². The lowest BCUT2D eigenvalue weighted by Crippen LogP contribution is -2.41. The standard InChI is InChI=1S/C22H13NO5S/c24-21-18-12-6-8-15-13-14-7-4-5-11-17(14)20(19(15)18)22(25)23(21)28-29(26,27)16-9-2-1-3-10-16/h1-13H. The molecule has 0 bridgehead atoms. The summed E-state index contributed by atoms with van der Waals surface area (Å²) in [7, 11) is -4.37. The van der Waals surface area contributed by atoms with Gasteiger partial charge in [0.05, 0.1) is 16.0 Å². The molecule has 0 unspecified atom stereocenters. The number of hydrogen-bond donors (Lipinski definition) is 0. The van der Waals surface area contributed by atoms with Crippen LogP contribution >= 0.6 is 0 Å². The average Bonchev–Trinajstić information content (AvgIpc) is 2.74. The topological polar surface area (TPSA) is 80.8 Å². The number of imide groups is 1. The van der Waals surface area contributed by atoms with Crippen molar-refractivity contribution in [2.75, 3.05) is 0 Å². The molecule has 4 aromatic rings. The van der Waals surface area contributed by atoms with Crippen LogP contribution in [0.1, 0.15) is 20.7 Å². The van der Waals surface area contributed by atoms with Gasteiger partial charge in [-0.1, -0.05) is 54.6 Å². The van der Waals surface area contributed by atoms with Gasteiger partial charge < -0.3 is 0 Å². The first kappa shape index (κ1) is 17.5. The number of amides is 2. The van der Waals surface area contributed by atoms with E-state index in [1.54, 1.807) is 30.3 Å². The van der Waals surface area contributed by atoms with Crippen molar-refractivity contribution in [3.05, 3.63) is 90.0 Å². The molecule has 1 aliphatic rings. The molecule has 7 heteroatoms. The van der Waals surface area contributed by atoms with E-state index < -0.39 is 21.9 Å². The fourth-order valence-corrected chi connectivity index (χ4v) is 4.53. The minimum absolute atomic E-state index is 0.150. The van der Waals surface area contributed by atoms with Crippen molar-refractivity contribution in [3.8, 4) is 0 Å². The van der Waals surface area contributed by atoms with E-state index in [0.29, 0.717) is 15.8 Å². The van der Waals surface area contributed by atoms with Crippen molar-refractivity contribution >= 4 is 43.5 Å². The first-order valence-corrected chi connectivity index (χ1v) is 10.2. The van der Waals surface area contributed by atoms with Crippen LogP contribution in [-0.2, 0) is 14.4 Å². The minimum atomic E-state index is -4.37. The van der Waals surface area contributed by atoms with Crippen LogP contribution in [0.2, 0.25) is 0 Å². The number of hydroxylamine groups is 2. The Hall–Kier alpha value is -3.55. The summed E-state index contributed by atoms with van der Waals surface area (Å²) < 4.78 is 30.3. The van der Waals surface area contributed by atoms with Crippen LogP contribution in [-0.4, -0.2) is 25.3 Å². The van der Waals surface area contributed by atoms with E-state index in [9.17, 15) is 18.0 Å². The summed E-state index contributed by atoms with van der Waals surface area (Å²) in [5.41, 5.74) is 0.461. The lowest BCUT2D eigenvalue weighted by Gasteiger charge is -2.26. The zero-order valence-electron chi connectivity index (χ0n) is 14.9. The third kappa shape index (κ3) is 2.63. The highest BCUT2D eigenvalue weighted by Crippen LogP contribution is 2.36. The van der Waals surface area contributed by atoms with Gasteiger partial charge in [0, 0.05) is 5.39 Å². The summed E-state index contributed by atoms with van der Waals surface area (Å²) in [6.45, 7) is 0. The van der Waals surface area contributed by atoms with Gasteiger partial charge in [0.2, 0.25) is 0 Å². The molecular formula is C22H13NO5S. The quantitative estimate of drug-likeness (QED) is 0.383. The maximum absolute atomic E-state index is 13.3. The summed E-state index contributed by atoms with van der Waals surface area (Å²) in [5, 5.41) is 2.99. The fraction of sp³-hybridized carbons (Fsp3) is 0. The second kappa shape index (κ2) is 6.23. The van der Waals surface area contributed by atoms with Crippen LogP contribution < -0.4 is 0 Å². The van der Waals surface area contributed by atoms with Gasteiger partial charge in [0.15, 0.2) is 0 Å². The predicted molar refractivity (Wildman–Crippen MR) is 107 cm³/mol. The van der Waals surface area contributed by atoms with Crippen LogP contribution in [0, 0.1) is 0 Å². The van der Waals surface area contributed by atoms with E-state index in [1.807, 2.05) is 24.3 Å². The highest BCUT2D eigenvalue weighted by molar-refractivity contribution is 7.86. The molecule has 1 aliphatic heterocycles. The number of fused-ring (bicyclic) bond motifs is 2. The molecular weight excluding hydrogens is 390 g/mol. The van der Waals surface area contributed by atoms with E-state index in [2.05, 4.69) is 0 Å². The molecule has 0 aromatic heterocycles. The molecule has 0 radical (unpaired) electrons. The summed E-state index contributed by atoms with van der Waals surface area (Å²) in [6, 6.07) is 21.6. The van der Waals surface area contributed by atoms with Gasteiger partial charge in [-0.25, -0.2) is 0 Å². The van der Waals surface area contributed by atoms with Gasteiger partial charge in [0.1, 0.15) is 0 Å². The second-order valence-corrected chi connectivity index (χ2v) is 8.15. The lowest BCUT2D eigenvalue weighted by molar-refractivity contribution is -0.0153. The first-order chi connectivity index (χ1) is 14.0. The number of benzene rings is 4. The van der Waals surface area contributed by atoms with Crippen molar-refractivity contribution in [2.24, 2.45) is 0 Å². The Morgan fingerprint density at radius 1 is 0.724 bits per heavy atom. The molecule has 0 saturated heterocycles. The van der Waals surface area contributed by atoms with Crippen molar-refractivity contribution < 1.29 is 22.3 Å². The van der Waals surface area contributed by atoms with Crippen LogP contribution in [0.3, 0.4) is 0 Å². The molecule has 0 fully saturated rings. The Labute approximate surface area is 166 Å². The molecule has 0 spiro atoms. The van der Waals surface area contributed by atoms with E-state index >= 15 is 0 Å². The third-order valence-corrected chi connectivity index (χ3v) is 6.10. The first-order valence-electron chi connectivity index (χ1n) is 8.80. The van der Waals surface area contributed by atoms with Crippen LogP contribution in [0.5, 0.6) is 0 Å². The van der Waals surface area contributed by atoms with E-state index in [-0.39, 0.29) is 16.0 Å². The Balaban J connectivity index is 1.72. The van der Waals surface area contributed by atoms with E-state index in [0.717, 1.165) is 10.8 Å². The maximum Gasteiger partial charge on any atom is 0.318 e. The summed E-state index contributed by atoms with van der Waals surface area (Å²) in [4.78, 5) is 26.1. The number of rotatable bonds is 3. The molecule has 0 aliphatic carbocycles. The molecule has 29 heavy (non-hydrogen) atoms. The van der Waals surface area contributed by atoms with Crippen LogP contribution in [0.15, 0.2) is 83.8 Å². The van der Waals surface area contributed by atoms with Crippen LogP contribution in [0.25, 0.3) is 21.5 Å². The van der Waals surface area contributed by atoms with Gasteiger partial charge in [-0.15, -0.1) is 9.35 Å². The second-order valence-electron chi connectivity index (χ2n) is 6.62. The molecule has 142 valence electrons. The van der Waals surface area contributed by atoms with E-state index in [4.69, 9.17) is 4.28 Å². The highest BCUT2D eigenvalue weighted by Gasteiger charge is 2.38. The minimum Gasteiger partial charge on any atom is -0.266 e. The number of carbonyl (C=O) groups excluding carboxylic acids is 2.